The summed E-state index contributed by atoms with van der Waals surface area (Å²) in [6, 6.07) is 10.2. The number of carbonyl (C=O) groups excluding carboxylic acids is 1. The molecule has 2 aliphatic rings. The number of rotatable bonds is 5. The quantitative estimate of drug-likeness (QED) is 0.756. The molecule has 1 aromatic carbocycles. The maximum absolute atomic E-state index is 12.5. The molecule has 27 heavy (non-hydrogen) atoms. The van der Waals surface area contributed by atoms with Gasteiger partial charge in [0.15, 0.2) is 0 Å². The Hall–Kier alpha value is -1.56. The third kappa shape index (κ3) is 3.48. The van der Waals surface area contributed by atoms with Crippen molar-refractivity contribution in [3.8, 4) is 0 Å². The number of halogens is 2. The minimum absolute atomic E-state index is 0. The number of nitrogens with zero attached hydrogens (tertiary/aromatic N) is 4. The summed E-state index contributed by atoms with van der Waals surface area (Å²) in [5, 5.41) is 5.73. The third-order valence-corrected chi connectivity index (χ3v) is 6.06. The van der Waals surface area contributed by atoms with Gasteiger partial charge in [0, 0.05) is 36.0 Å². The molecule has 0 N–H and O–H groups in total. The van der Waals surface area contributed by atoms with Crippen molar-refractivity contribution in [2.75, 3.05) is 32.1 Å². The first-order valence-corrected chi connectivity index (χ1v) is 9.67. The van der Waals surface area contributed by atoms with Crippen LogP contribution >= 0.6 is 24.0 Å². The highest BCUT2D eigenvalue weighted by atomic mass is 35.5. The number of fused-ring (bicyclic) bond motifs is 1. The van der Waals surface area contributed by atoms with Crippen LogP contribution in [-0.4, -0.2) is 47.8 Å². The van der Waals surface area contributed by atoms with Crippen molar-refractivity contribution in [2.24, 2.45) is 0 Å². The van der Waals surface area contributed by atoms with E-state index in [0.29, 0.717) is 19.5 Å². The molecule has 0 radical (unpaired) electrons. The zero-order valence-electron chi connectivity index (χ0n) is 15.8. The number of aryl methyl sites for hydroxylation is 1. The lowest BCUT2D eigenvalue weighted by atomic mass is 9.62. The molecule has 1 fully saturated rings. The molecule has 0 saturated heterocycles. The van der Waals surface area contributed by atoms with E-state index in [0.717, 1.165) is 41.5 Å². The molecule has 1 aliphatic carbocycles. The second kappa shape index (κ2) is 7.82. The first-order valence-electron chi connectivity index (χ1n) is 9.30. The van der Waals surface area contributed by atoms with Crippen molar-refractivity contribution < 1.29 is 4.79 Å². The van der Waals surface area contributed by atoms with E-state index in [9.17, 15) is 4.79 Å². The summed E-state index contributed by atoms with van der Waals surface area (Å²) in [5.74, 6) is 1.11. The molecule has 1 aromatic heterocycles. The van der Waals surface area contributed by atoms with Gasteiger partial charge in [0.1, 0.15) is 5.82 Å². The number of anilines is 1. The molecular formula is C20H26Cl2N4O. The highest BCUT2D eigenvalue weighted by Crippen LogP contribution is 2.51. The van der Waals surface area contributed by atoms with E-state index in [1.54, 1.807) is 0 Å². The largest absolute Gasteiger partial charge is 0.308 e. The predicted octanol–water partition coefficient (Wildman–Crippen LogP) is 3.73. The molecule has 0 bridgehead atoms. The molecule has 1 amide bonds. The van der Waals surface area contributed by atoms with E-state index in [1.807, 2.05) is 41.9 Å². The van der Waals surface area contributed by atoms with Crippen LogP contribution in [0.4, 0.5) is 5.82 Å². The van der Waals surface area contributed by atoms with Crippen molar-refractivity contribution in [3.05, 3.63) is 46.6 Å². The molecule has 7 heteroatoms. The van der Waals surface area contributed by atoms with Gasteiger partial charge in [-0.15, -0.1) is 12.4 Å². The lowest BCUT2D eigenvalue weighted by Crippen LogP contribution is -2.41. The summed E-state index contributed by atoms with van der Waals surface area (Å²) in [4.78, 5) is 16.5. The molecule has 2 heterocycles. The molecule has 146 valence electrons. The Morgan fingerprint density at radius 3 is 2.63 bits per heavy atom. The van der Waals surface area contributed by atoms with E-state index in [2.05, 4.69) is 17.0 Å². The standard InChI is InChI=1S/C20H25ClN4O.ClH/c1-23(2)12-13-24-18-14-17(22-25(18)11-8-19(24)26)20(9-5-10-20)15-6-3-4-7-16(15)21;/h3-4,6-7,14H,5,8-13H2,1-2H3;1H. The molecule has 0 spiro atoms. The van der Waals surface area contributed by atoms with Gasteiger partial charge < -0.3 is 4.90 Å². The summed E-state index contributed by atoms with van der Waals surface area (Å²) < 4.78 is 2.00. The van der Waals surface area contributed by atoms with Gasteiger partial charge in [-0.2, -0.15) is 5.10 Å². The van der Waals surface area contributed by atoms with Gasteiger partial charge in [-0.1, -0.05) is 36.2 Å². The number of likely N-dealkylation sites (N-methyl/N-ethyl adjacent to an activating group) is 1. The summed E-state index contributed by atoms with van der Waals surface area (Å²) in [6.07, 6.45) is 3.80. The highest BCUT2D eigenvalue weighted by molar-refractivity contribution is 6.31. The Labute approximate surface area is 171 Å². The van der Waals surface area contributed by atoms with E-state index in [-0.39, 0.29) is 23.7 Å². The van der Waals surface area contributed by atoms with Crippen LogP contribution in [0, 0.1) is 0 Å². The van der Waals surface area contributed by atoms with Gasteiger partial charge in [0.2, 0.25) is 5.91 Å². The normalized spacial score (nSPS) is 18.1. The lowest BCUT2D eigenvalue weighted by Gasteiger charge is -2.41. The average Bonchev–Trinajstić information content (AvgIpc) is 2.99. The van der Waals surface area contributed by atoms with E-state index >= 15 is 0 Å². The van der Waals surface area contributed by atoms with E-state index in [4.69, 9.17) is 16.7 Å². The molecule has 2 aromatic rings. The van der Waals surface area contributed by atoms with Crippen LogP contribution in [0.1, 0.15) is 36.9 Å². The van der Waals surface area contributed by atoms with Crippen molar-refractivity contribution >= 4 is 35.7 Å². The van der Waals surface area contributed by atoms with Crippen molar-refractivity contribution in [1.29, 1.82) is 0 Å². The van der Waals surface area contributed by atoms with E-state index < -0.39 is 0 Å². The average molecular weight is 409 g/mol. The number of aromatic nitrogens is 2. The van der Waals surface area contributed by atoms with Gasteiger partial charge in [0.25, 0.3) is 0 Å². The Bertz CT molecular complexity index is 829. The summed E-state index contributed by atoms with van der Waals surface area (Å²) >= 11 is 6.53. The predicted molar refractivity (Wildman–Crippen MR) is 111 cm³/mol. The fourth-order valence-corrected chi connectivity index (χ4v) is 4.39. The molecule has 1 saturated carbocycles. The van der Waals surface area contributed by atoms with Crippen LogP contribution in [0.15, 0.2) is 30.3 Å². The zero-order chi connectivity index (χ0) is 18.3. The Balaban J connectivity index is 0.00000210. The second-order valence-corrected chi connectivity index (χ2v) is 8.03. The number of carbonyl (C=O) groups is 1. The first kappa shape index (κ1) is 20.2. The lowest BCUT2D eigenvalue weighted by molar-refractivity contribution is -0.119. The third-order valence-electron chi connectivity index (χ3n) is 5.73. The fourth-order valence-electron chi connectivity index (χ4n) is 4.07. The number of hydrogen-bond donors (Lipinski definition) is 0. The number of amides is 1. The van der Waals surface area contributed by atoms with Crippen LogP contribution < -0.4 is 4.90 Å². The van der Waals surface area contributed by atoms with E-state index in [1.165, 1.54) is 6.42 Å². The maximum atomic E-state index is 12.5. The monoisotopic (exact) mass is 408 g/mol. The SMILES string of the molecule is CN(C)CCN1C(=O)CCn2nc(C3(c4ccccc4Cl)CCC3)cc21.Cl. The van der Waals surface area contributed by atoms with Crippen LogP contribution in [0.5, 0.6) is 0 Å². The summed E-state index contributed by atoms with van der Waals surface area (Å²) in [5.41, 5.74) is 2.10. The molecule has 0 unspecified atom stereocenters. The molecule has 4 rings (SSSR count). The van der Waals surface area contributed by atoms with Crippen LogP contribution in [0.2, 0.25) is 5.02 Å². The van der Waals surface area contributed by atoms with Gasteiger partial charge in [-0.05, 0) is 38.6 Å². The molecular weight excluding hydrogens is 383 g/mol. The molecule has 1 aliphatic heterocycles. The summed E-state index contributed by atoms with van der Waals surface area (Å²) in [6.45, 7) is 2.18. The minimum Gasteiger partial charge on any atom is -0.308 e. The Morgan fingerprint density at radius 2 is 2.00 bits per heavy atom. The first-order chi connectivity index (χ1) is 12.5. The minimum atomic E-state index is -0.112. The van der Waals surface area contributed by atoms with Crippen molar-refractivity contribution in [1.82, 2.24) is 14.7 Å². The van der Waals surface area contributed by atoms with Crippen LogP contribution in [0.3, 0.4) is 0 Å². The molecule has 5 nitrogen and oxygen atoms in total. The van der Waals surface area contributed by atoms with Gasteiger partial charge in [0.05, 0.1) is 12.2 Å². The topological polar surface area (TPSA) is 41.4 Å². The highest BCUT2D eigenvalue weighted by Gasteiger charge is 2.44. The second-order valence-electron chi connectivity index (χ2n) is 7.63. The molecule has 0 atom stereocenters. The van der Waals surface area contributed by atoms with Gasteiger partial charge >= 0.3 is 0 Å². The number of benzene rings is 1. The fraction of sp³-hybridized carbons (Fsp3) is 0.500. The summed E-state index contributed by atoms with van der Waals surface area (Å²) in [7, 11) is 4.05. The van der Waals surface area contributed by atoms with Crippen LogP contribution in [-0.2, 0) is 16.8 Å². The number of hydrogen-bond acceptors (Lipinski definition) is 3. The van der Waals surface area contributed by atoms with Crippen molar-refractivity contribution in [3.63, 3.8) is 0 Å². The maximum Gasteiger partial charge on any atom is 0.230 e. The zero-order valence-corrected chi connectivity index (χ0v) is 17.4. The van der Waals surface area contributed by atoms with Gasteiger partial charge in [-0.3, -0.25) is 9.69 Å². The van der Waals surface area contributed by atoms with Crippen LogP contribution in [0.25, 0.3) is 0 Å². The Kier molecular flexibility index (Phi) is 5.84. The van der Waals surface area contributed by atoms with Crippen molar-refractivity contribution in [2.45, 2.75) is 37.6 Å². The van der Waals surface area contributed by atoms with Gasteiger partial charge in [-0.25, -0.2) is 4.68 Å². The Morgan fingerprint density at radius 1 is 1.26 bits per heavy atom. The smallest absolute Gasteiger partial charge is 0.230 e.